The molecule has 1 heterocycles. The Balaban J connectivity index is 2.01. The van der Waals surface area contributed by atoms with Gasteiger partial charge in [0.05, 0.1) is 11.6 Å². The molecule has 1 aromatic rings. The molecule has 1 fully saturated rings. The molecule has 1 atom stereocenters. The summed E-state index contributed by atoms with van der Waals surface area (Å²) in [6, 6.07) is 6.46. The molecular weight excluding hydrogens is 278 g/mol. The standard InChI is InChI=1S/C15H22ClNOS/c1-4-18-14-6-5-11(7-13(14)16)17-12-8-15(2,3)10-19-9-12/h5-7,12,17H,4,8-10H2,1-3H3. The van der Waals surface area contributed by atoms with Gasteiger partial charge in [-0.3, -0.25) is 0 Å². The van der Waals surface area contributed by atoms with Crippen molar-refractivity contribution < 1.29 is 4.74 Å². The average Bonchev–Trinajstić information content (AvgIpc) is 2.31. The van der Waals surface area contributed by atoms with Crippen molar-refractivity contribution in [2.24, 2.45) is 5.41 Å². The number of ether oxygens (including phenoxy) is 1. The van der Waals surface area contributed by atoms with Crippen LogP contribution in [-0.2, 0) is 0 Å². The number of halogens is 1. The van der Waals surface area contributed by atoms with Crippen molar-refractivity contribution in [2.75, 3.05) is 23.4 Å². The third kappa shape index (κ3) is 4.22. The lowest BCUT2D eigenvalue weighted by Crippen LogP contribution is -2.35. The minimum Gasteiger partial charge on any atom is -0.492 e. The predicted octanol–water partition coefficient (Wildman–Crippen LogP) is 4.68. The van der Waals surface area contributed by atoms with Gasteiger partial charge in [0.1, 0.15) is 5.75 Å². The van der Waals surface area contributed by atoms with Crippen LogP contribution in [0, 0.1) is 5.41 Å². The highest BCUT2D eigenvalue weighted by molar-refractivity contribution is 7.99. The second-order valence-electron chi connectivity index (χ2n) is 5.80. The first-order chi connectivity index (χ1) is 9.00. The predicted molar refractivity (Wildman–Crippen MR) is 85.8 cm³/mol. The number of thioether (sulfide) groups is 1. The van der Waals surface area contributed by atoms with Crippen molar-refractivity contribution >= 4 is 29.1 Å². The number of benzene rings is 1. The van der Waals surface area contributed by atoms with E-state index in [2.05, 4.69) is 19.2 Å². The zero-order valence-corrected chi connectivity index (χ0v) is 13.4. The highest BCUT2D eigenvalue weighted by Crippen LogP contribution is 2.35. The van der Waals surface area contributed by atoms with Gasteiger partial charge in [0.2, 0.25) is 0 Å². The van der Waals surface area contributed by atoms with Crippen LogP contribution >= 0.6 is 23.4 Å². The molecule has 0 spiro atoms. The van der Waals surface area contributed by atoms with Gasteiger partial charge in [0, 0.05) is 17.5 Å². The maximum Gasteiger partial charge on any atom is 0.138 e. The van der Waals surface area contributed by atoms with Gasteiger partial charge in [0.25, 0.3) is 0 Å². The van der Waals surface area contributed by atoms with Crippen LogP contribution in [-0.4, -0.2) is 24.2 Å². The van der Waals surface area contributed by atoms with Crippen LogP contribution in [0.2, 0.25) is 5.02 Å². The SMILES string of the molecule is CCOc1ccc(NC2CSCC(C)(C)C2)cc1Cl. The summed E-state index contributed by atoms with van der Waals surface area (Å²) in [6.45, 7) is 7.27. The van der Waals surface area contributed by atoms with Gasteiger partial charge >= 0.3 is 0 Å². The lowest BCUT2D eigenvalue weighted by Gasteiger charge is -2.35. The summed E-state index contributed by atoms with van der Waals surface area (Å²) < 4.78 is 5.45. The quantitative estimate of drug-likeness (QED) is 0.872. The van der Waals surface area contributed by atoms with Crippen molar-refractivity contribution in [3.8, 4) is 5.75 Å². The molecule has 1 N–H and O–H groups in total. The lowest BCUT2D eigenvalue weighted by molar-refractivity contribution is 0.340. The summed E-state index contributed by atoms with van der Waals surface area (Å²) >= 11 is 8.24. The molecule has 1 aliphatic heterocycles. The fourth-order valence-corrected chi connectivity index (χ4v) is 3.96. The van der Waals surface area contributed by atoms with Crippen LogP contribution in [0.3, 0.4) is 0 Å². The van der Waals surface area contributed by atoms with Crippen LogP contribution in [0.4, 0.5) is 5.69 Å². The average molecular weight is 300 g/mol. The number of hydrogen-bond donors (Lipinski definition) is 1. The van der Waals surface area contributed by atoms with Crippen molar-refractivity contribution in [1.82, 2.24) is 0 Å². The number of anilines is 1. The van der Waals surface area contributed by atoms with Crippen LogP contribution in [0.5, 0.6) is 5.75 Å². The summed E-state index contributed by atoms with van der Waals surface area (Å²) in [5.74, 6) is 3.16. The van der Waals surface area contributed by atoms with Gasteiger partial charge in [-0.15, -0.1) is 0 Å². The summed E-state index contributed by atoms with van der Waals surface area (Å²) in [7, 11) is 0. The van der Waals surface area contributed by atoms with Crippen molar-refractivity contribution in [3.63, 3.8) is 0 Å². The normalized spacial score (nSPS) is 22.0. The van der Waals surface area contributed by atoms with Gasteiger partial charge in [-0.1, -0.05) is 25.4 Å². The maximum atomic E-state index is 6.21. The van der Waals surface area contributed by atoms with Crippen molar-refractivity contribution in [2.45, 2.75) is 33.2 Å². The molecule has 0 amide bonds. The van der Waals surface area contributed by atoms with Crippen LogP contribution < -0.4 is 10.1 Å². The maximum absolute atomic E-state index is 6.21. The van der Waals surface area contributed by atoms with E-state index in [1.165, 1.54) is 12.2 Å². The van der Waals surface area contributed by atoms with Gasteiger partial charge in [-0.05, 0) is 42.7 Å². The molecule has 1 aliphatic rings. The Kier molecular flexibility index (Phi) is 4.91. The van der Waals surface area contributed by atoms with E-state index in [1.54, 1.807) is 0 Å². The molecule has 0 aromatic heterocycles. The van der Waals surface area contributed by atoms with Gasteiger partial charge < -0.3 is 10.1 Å². The Labute approximate surface area is 125 Å². The molecule has 0 saturated carbocycles. The molecule has 1 unspecified atom stereocenters. The molecule has 2 nitrogen and oxygen atoms in total. The van der Waals surface area contributed by atoms with E-state index < -0.39 is 0 Å². The third-order valence-electron chi connectivity index (χ3n) is 3.21. The minimum atomic E-state index is 0.412. The fraction of sp³-hybridized carbons (Fsp3) is 0.600. The summed E-state index contributed by atoms with van der Waals surface area (Å²) in [4.78, 5) is 0. The molecule has 1 saturated heterocycles. The summed E-state index contributed by atoms with van der Waals surface area (Å²) in [6.07, 6.45) is 1.20. The third-order valence-corrected chi connectivity index (χ3v) is 5.13. The molecule has 1 aromatic carbocycles. The first-order valence-corrected chi connectivity index (χ1v) is 8.30. The van der Waals surface area contributed by atoms with E-state index in [9.17, 15) is 0 Å². The lowest BCUT2D eigenvalue weighted by atomic mass is 9.88. The second-order valence-corrected chi connectivity index (χ2v) is 7.24. The van der Waals surface area contributed by atoms with Crippen molar-refractivity contribution in [3.05, 3.63) is 23.2 Å². The largest absolute Gasteiger partial charge is 0.492 e. The molecule has 0 aliphatic carbocycles. The summed E-state index contributed by atoms with van der Waals surface area (Å²) in [5.41, 5.74) is 1.49. The van der Waals surface area contributed by atoms with Gasteiger partial charge in [-0.25, -0.2) is 0 Å². The zero-order chi connectivity index (χ0) is 13.9. The van der Waals surface area contributed by atoms with E-state index >= 15 is 0 Å². The Morgan fingerprint density at radius 1 is 1.47 bits per heavy atom. The van der Waals surface area contributed by atoms with Crippen LogP contribution in [0.15, 0.2) is 18.2 Å². The molecule has 19 heavy (non-hydrogen) atoms. The Morgan fingerprint density at radius 3 is 2.89 bits per heavy atom. The smallest absolute Gasteiger partial charge is 0.138 e. The van der Waals surface area contributed by atoms with Crippen LogP contribution in [0.25, 0.3) is 0 Å². The second kappa shape index (κ2) is 6.27. The zero-order valence-electron chi connectivity index (χ0n) is 11.8. The fourth-order valence-electron chi connectivity index (χ4n) is 2.45. The Bertz CT molecular complexity index is 436. The van der Waals surface area contributed by atoms with E-state index in [4.69, 9.17) is 16.3 Å². The molecule has 0 bridgehead atoms. The summed E-state index contributed by atoms with van der Waals surface area (Å²) in [5, 5.41) is 4.26. The molecule has 2 rings (SSSR count). The first-order valence-electron chi connectivity index (χ1n) is 6.77. The van der Waals surface area contributed by atoms with E-state index in [0.29, 0.717) is 23.1 Å². The minimum absolute atomic E-state index is 0.412. The number of rotatable bonds is 4. The van der Waals surface area contributed by atoms with Crippen LogP contribution in [0.1, 0.15) is 27.2 Å². The Morgan fingerprint density at radius 2 is 2.26 bits per heavy atom. The van der Waals surface area contributed by atoms with E-state index in [1.807, 2.05) is 36.9 Å². The molecular formula is C15H22ClNOS. The van der Waals surface area contributed by atoms with Gasteiger partial charge in [-0.2, -0.15) is 11.8 Å². The number of hydrogen-bond acceptors (Lipinski definition) is 3. The molecule has 0 radical (unpaired) electrons. The monoisotopic (exact) mass is 299 g/mol. The molecule has 4 heteroatoms. The highest BCUT2D eigenvalue weighted by atomic mass is 35.5. The van der Waals surface area contributed by atoms with E-state index in [-0.39, 0.29) is 0 Å². The number of nitrogens with one attached hydrogen (secondary N) is 1. The first kappa shape index (κ1) is 14.9. The Hall–Kier alpha value is -0.540. The molecule has 106 valence electrons. The van der Waals surface area contributed by atoms with Crippen molar-refractivity contribution in [1.29, 1.82) is 0 Å². The van der Waals surface area contributed by atoms with E-state index in [0.717, 1.165) is 17.2 Å². The van der Waals surface area contributed by atoms with Gasteiger partial charge in [0.15, 0.2) is 0 Å². The topological polar surface area (TPSA) is 21.3 Å². The highest BCUT2D eigenvalue weighted by Gasteiger charge is 2.28.